The molecule has 0 radical (unpaired) electrons. The van der Waals surface area contributed by atoms with Crippen LogP contribution in [0.3, 0.4) is 0 Å². The molecular formula is C25H31BrO2. The lowest BCUT2D eigenvalue weighted by Crippen LogP contribution is -2.19. The standard InChI is InChI=1S/C25H31BrO2/c1-15(16(2)27)22(17-9-11-19(26)12-10-17)18-13-20(24(3,4)5)23(28)21(14-18)25(6,7)8/h9-14,22,28H,1H2,2-8H3/t22-/m1/s1. The van der Waals surface area contributed by atoms with Gasteiger partial charge in [0.2, 0.25) is 0 Å². The fourth-order valence-corrected chi connectivity index (χ4v) is 3.68. The van der Waals surface area contributed by atoms with Crippen molar-refractivity contribution in [3.63, 3.8) is 0 Å². The number of hydrogen-bond donors (Lipinski definition) is 1. The van der Waals surface area contributed by atoms with E-state index < -0.39 is 0 Å². The number of benzene rings is 2. The molecule has 2 aromatic rings. The topological polar surface area (TPSA) is 37.3 Å². The number of aromatic hydroxyl groups is 1. The Kier molecular flexibility index (Phi) is 6.30. The molecule has 0 amide bonds. The van der Waals surface area contributed by atoms with Crippen molar-refractivity contribution >= 4 is 21.7 Å². The highest BCUT2D eigenvalue weighted by Crippen LogP contribution is 2.43. The predicted octanol–water partition coefficient (Wildman–Crippen LogP) is 7.03. The van der Waals surface area contributed by atoms with Crippen LogP contribution in [0, 0.1) is 0 Å². The Hall–Kier alpha value is -1.87. The molecule has 150 valence electrons. The van der Waals surface area contributed by atoms with Crippen molar-refractivity contribution in [3.05, 3.63) is 75.3 Å². The van der Waals surface area contributed by atoms with Gasteiger partial charge in [0.15, 0.2) is 5.78 Å². The zero-order valence-electron chi connectivity index (χ0n) is 18.0. The van der Waals surface area contributed by atoms with Gasteiger partial charge in [0.1, 0.15) is 5.75 Å². The van der Waals surface area contributed by atoms with Gasteiger partial charge in [-0.05, 0) is 57.7 Å². The maximum absolute atomic E-state index is 12.3. The van der Waals surface area contributed by atoms with E-state index in [0.717, 1.165) is 26.7 Å². The molecule has 2 rings (SSSR count). The number of phenolic OH excluding ortho intramolecular Hbond substituents is 1. The summed E-state index contributed by atoms with van der Waals surface area (Å²) in [6.07, 6.45) is 0. The molecule has 0 aliphatic carbocycles. The first kappa shape index (κ1) is 22.4. The number of rotatable bonds is 4. The number of allylic oxidation sites excluding steroid dienone is 1. The van der Waals surface area contributed by atoms with Gasteiger partial charge in [0.25, 0.3) is 0 Å². The number of phenols is 1. The number of carbonyl (C=O) groups excluding carboxylic acids is 1. The number of hydrogen-bond acceptors (Lipinski definition) is 2. The molecule has 0 aromatic heterocycles. The summed E-state index contributed by atoms with van der Waals surface area (Å²) in [5, 5.41) is 11.0. The normalized spacial score (nSPS) is 13.3. The first-order chi connectivity index (χ1) is 12.7. The van der Waals surface area contributed by atoms with Gasteiger partial charge in [-0.2, -0.15) is 0 Å². The molecule has 0 bridgehead atoms. The fourth-order valence-electron chi connectivity index (χ4n) is 3.42. The van der Waals surface area contributed by atoms with Crippen LogP contribution < -0.4 is 0 Å². The SMILES string of the molecule is C=C(C(C)=O)[C@H](c1ccc(Br)cc1)c1cc(C(C)(C)C)c(O)c(C(C)(C)C)c1. The summed E-state index contributed by atoms with van der Waals surface area (Å²) in [6.45, 7) is 18.2. The third-order valence-corrected chi connectivity index (χ3v) is 5.61. The minimum Gasteiger partial charge on any atom is -0.507 e. The lowest BCUT2D eigenvalue weighted by atomic mass is 9.75. The van der Waals surface area contributed by atoms with E-state index in [0.29, 0.717) is 11.3 Å². The number of carbonyl (C=O) groups is 1. The summed E-state index contributed by atoms with van der Waals surface area (Å²) < 4.78 is 0.986. The van der Waals surface area contributed by atoms with Crippen LogP contribution >= 0.6 is 15.9 Å². The quantitative estimate of drug-likeness (QED) is 0.515. The van der Waals surface area contributed by atoms with Crippen LogP contribution in [0.1, 0.15) is 76.6 Å². The fraction of sp³-hybridized carbons (Fsp3) is 0.400. The third kappa shape index (κ3) is 4.75. The van der Waals surface area contributed by atoms with Gasteiger partial charge in [-0.3, -0.25) is 4.79 Å². The van der Waals surface area contributed by atoms with Crippen molar-refractivity contribution in [3.8, 4) is 5.75 Å². The van der Waals surface area contributed by atoms with Crippen molar-refractivity contribution in [2.45, 2.75) is 65.2 Å². The Labute approximate surface area is 177 Å². The van der Waals surface area contributed by atoms with E-state index in [4.69, 9.17) is 0 Å². The van der Waals surface area contributed by atoms with Crippen molar-refractivity contribution in [1.82, 2.24) is 0 Å². The predicted molar refractivity (Wildman–Crippen MR) is 121 cm³/mol. The lowest BCUT2D eigenvalue weighted by Gasteiger charge is -2.30. The molecule has 0 aliphatic heterocycles. The van der Waals surface area contributed by atoms with E-state index >= 15 is 0 Å². The number of halogens is 1. The number of ketones is 1. The second kappa shape index (κ2) is 7.87. The number of Topliss-reactive ketones (excluding diaryl/α,β-unsaturated/α-hetero) is 1. The van der Waals surface area contributed by atoms with Gasteiger partial charge in [0, 0.05) is 10.4 Å². The lowest BCUT2D eigenvalue weighted by molar-refractivity contribution is -0.113. The van der Waals surface area contributed by atoms with Crippen molar-refractivity contribution < 1.29 is 9.90 Å². The Balaban J connectivity index is 2.84. The first-order valence-corrected chi connectivity index (χ1v) is 10.4. The van der Waals surface area contributed by atoms with Crippen LogP contribution in [0.5, 0.6) is 5.75 Å². The zero-order valence-corrected chi connectivity index (χ0v) is 19.6. The molecule has 1 N–H and O–H groups in total. The Morgan fingerprint density at radius 3 is 1.71 bits per heavy atom. The summed E-state index contributed by atoms with van der Waals surface area (Å²) in [5.74, 6) is 0.0516. The van der Waals surface area contributed by atoms with Gasteiger partial charge < -0.3 is 5.11 Å². The summed E-state index contributed by atoms with van der Waals surface area (Å²) in [7, 11) is 0. The summed E-state index contributed by atoms with van der Waals surface area (Å²) in [6, 6.07) is 12.1. The summed E-state index contributed by atoms with van der Waals surface area (Å²) >= 11 is 3.48. The van der Waals surface area contributed by atoms with Gasteiger partial charge in [-0.1, -0.05) is 88.3 Å². The molecule has 0 fully saturated rings. The zero-order chi connectivity index (χ0) is 21.4. The van der Waals surface area contributed by atoms with Gasteiger partial charge in [-0.15, -0.1) is 0 Å². The average molecular weight is 443 g/mol. The van der Waals surface area contributed by atoms with Crippen LogP contribution in [0.25, 0.3) is 0 Å². The molecule has 1 atom stereocenters. The van der Waals surface area contributed by atoms with Crippen molar-refractivity contribution in [1.29, 1.82) is 0 Å². The molecule has 28 heavy (non-hydrogen) atoms. The van der Waals surface area contributed by atoms with Crippen LogP contribution in [0.15, 0.2) is 53.0 Å². The molecule has 0 spiro atoms. The molecule has 0 saturated carbocycles. The van der Waals surface area contributed by atoms with Crippen LogP contribution in [0.2, 0.25) is 0 Å². The first-order valence-electron chi connectivity index (χ1n) is 9.56. The Morgan fingerprint density at radius 2 is 1.36 bits per heavy atom. The average Bonchev–Trinajstić information content (AvgIpc) is 2.55. The molecule has 0 aliphatic rings. The van der Waals surface area contributed by atoms with Crippen molar-refractivity contribution in [2.24, 2.45) is 0 Å². The highest BCUT2D eigenvalue weighted by Gasteiger charge is 2.30. The minimum atomic E-state index is -0.256. The largest absolute Gasteiger partial charge is 0.507 e. The monoisotopic (exact) mass is 442 g/mol. The van der Waals surface area contributed by atoms with E-state index in [-0.39, 0.29) is 22.5 Å². The highest BCUT2D eigenvalue weighted by molar-refractivity contribution is 9.10. The molecule has 0 unspecified atom stereocenters. The molecule has 2 nitrogen and oxygen atoms in total. The van der Waals surface area contributed by atoms with E-state index in [2.05, 4.69) is 64.1 Å². The molecule has 3 heteroatoms. The van der Waals surface area contributed by atoms with Crippen LogP contribution in [-0.2, 0) is 15.6 Å². The second-order valence-electron chi connectivity index (χ2n) is 9.53. The maximum atomic E-state index is 12.3. The van der Waals surface area contributed by atoms with E-state index in [1.54, 1.807) is 6.92 Å². The van der Waals surface area contributed by atoms with E-state index in [1.165, 1.54) is 0 Å². The molecule has 0 saturated heterocycles. The van der Waals surface area contributed by atoms with Gasteiger partial charge in [0.05, 0.1) is 0 Å². The molecule has 0 heterocycles. The van der Waals surface area contributed by atoms with E-state index in [9.17, 15) is 9.90 Å². The molecule has 2 aromatic carbocycles. The van der Waals surface area contributed by atoms with Crippen LogP contribution in [-0.4, -0.2) is 10.9 Å². The third-order valence-electron chi connectivity index (χ3n) is 5.09. The van der Waals surface area contributed by atoms with E-state index in [1.807, 2.05) is 36.4 Å². The Morgan fingerprint density at radius 1 is 0.929 bits per heavy atom. The minimum absolute atomic E-state index is 0.0318. The van der Waals surface area contributed by atoms with Gasteiger partial charge in [-0.25, -0.2) is 0 Å². The smallest absolute Gasteiger partial charge is 0.156 e. The summed E-state index contributed by atoms with van der Waals surface area (Å²) in [5.41, 5.74) is 3.84. The maximum Gasteiger partial charge on any atom is 0.156 e. The van der Waals surface area contributed by atoms with Crippen molar-refractivity contribution in [2.75, 3.05) is 0 Å². The van der Waals surface area contributed by atoms with Crippen LogP contribution in [0.4, 0.5) is 0 Å². The molecular weight excluding hydrogens is 412 g/mol. The Bertz CT molecular complexity index is 859. The second-order valence-corrected chi connectivity index (χ2v) is 10.4. The highest BCUT2D eigenvalue weighted by atomic mass is 79.9. The van der Waals surface area contributed by atoms with Gasteiger partial charge >= 0.3 is 0 Å². The summed E-state index contributed by atoms with van der Waals surface area (Å²) in [4.78, 5) is 12.3.